The number of hydrogen-bond donors (Lipinski definition) is 2. The molecule has 3 amide bonds. The van der Waals surface area contributed by atoms with Crippen LogP contribution < -0.4 is 10.6 Å². The van der Waals surface area contributed by atoms with E-state index in [1.807, 2.05) is 4.90 Å². The number of carbonyl (C=O) groups is 3. The van der Waals surface area contributed by atoms with E-state index in [-0.39, 0.29) is 29.6 Å². The molecule has 2 aliphatic rings. The van der Waals surface area contributed by atoms with Crippen molar-refractivity contribution >= 4 is 29.1 Å². The summed E-state index contributed by atoms with van der Waals surface area (Å²) in [7, 11) is 0. The van der Waals surface area contributed by atoms with Gasteiger partial charge in [-0.2, -0.15) is 0 Å². The second-order valence-electron chi connectivity index (χ2n) is 7.63. The van der Waals surface area contributed by atoms with Gasteiger partial charge in [-0.05, 0) is 56.0 Å². The molecule has 1 saturated heterocycles. The Labute approximate surface area is 169 Å². The molecule has 0 radical (unpaired) electrons. The lowest BCUT2D eigenvalue weighted by Gasteiger charge is -2.31. The Bertz CT molecular complexity index is 903. The normalized spacial score (nSPS) is 16.9. The molecular formula is C22H24N4O3. The Morgan fingerprint density at radius 1 is 0.862 bits per heavy atom. The number of nitrogens with one attached hydrogen (secondary N) is 2. The molecule has 0 bridgehead atoms. The molecule has 1 aliphatic carbocycles. The Balaban J connectivity index is 1.31. The average molecular weight is 392 g/mol. The first-order chi connectivity index (χ1) is 14.1. The standard InChI is InChI=1S/C22H24N4O3/c27-20(15-6-10-23-11-7-15)24-18-2-1-3-19(14-18)25-21(28)16-8-12-26(13-9-16)22(29)17-4-5-17/h1-3,6-7,10-11,14,16-17H,4-5,8-9,12-13H2,(H,24,27)(H,25,28). The highest BCUT2D eigenvalue weighted by atomic mass is 16.2. The van der Waals surface area contributed by atoms with E-state index in [9.17, 15) is 14.4 Å². The maximum absolute atomic E-state index is 12.6. The molecule has 29 heavy (non-hydrogen) atoms. The molecule has 7 nitrogen and oxygen atoms in total. The fraction of sp³-hybridized carbons (Fsp3) is 0.364. The molecule has 2 N–H and O–H groups in total. The minimum Gasteiger partial charge on any atom is -0.342 e. The summed E-state index contributed by atoms with van der Waals surface area (Å²) in [5, 5.41) is 5.76. The maximum atomic E-state index is 12.6. The minimum atomic E-state index is -0.233. The third-order valence-electron chi connectivity index (χ3n) is 5.43. The first-order valence-electron chi connectivity index (χ1n) is 10.0. The highest BCUT2D eigenvalue weighted by Gasteiger charge is 2.35. The average Bonchev–Trinajstić information content (AvgIpc) is 3.60. The molecule has 1 saturated carbocycles. The van der Waals surface area contributed by atoms with Crippen molar-refractivity contribution in [3.05, 3.63) is 54.4 Å². The lowest BCUT2D eigenvalue weighted by Crippen LogP contribution is -2.42. The van der Waals surface area contributed by atoms with Gasteiger partial charge in [0, 0.05) is 54.3 Å². The van der Waals surface area contributed by atoms with E-state index in [1.54, 1.807) is 48.8 Å². The summed E-state index contributed by atoms with van der Waals surface area (Å²) >= 11 is 0. The number of likely N-dealkylation sites (tertiary alicyclic amines) is 1. The summed E-state index contributed by atoms with van der Waals surface area (Å²) in [6.07, 6.45) is 6.51. The van der Waals surface area contributed by atoms with Gasteiger partial charge in [-0.15, -0.1) is 0 Å². The van der Waals surface area contributed by atoms with Crippen LogP contribution in [0.1, 0.15) is 36.0 Å². The molecule has 150 valence electrons. The number of nitrogens with zero attached hydrogens (tertiary/aromatic N) is 2. The molecule has 2 aromatic rings. The van der Waals surface area contributed by atoms with E-state index in [2.05, 4.69) is 15.6 Å². The zero-order chi connectivity index (χ0) is 20.2. The van der Waals surface area contributed by atoms with E-state index in [0.29, 0.717) is 42.9 Å². The molecule has 2 fully saturated rings. The van der Waals surface area contributed by atoms with Gasteiger partial charge in [-0.25, -0.2) is 0 Å². The number of pyridine rings is 1. The molecule has 4 rings (SSSR count). The van der Waals surface area contributed by atoms with Crippen LogP contribution in [-0.4, -0.2) is 40.7 Å². The fourth-order valence-electron chi connectivity index (χ4n) is 3.58. The van der Waals surface area contributed by atoms with Crippen molar-refractivity contribution < 1.29 is 14.4 Å². The SMILES string of the molecule is O=C(Nc1cccc(NC(=O)C2CCN(C(=O)C3CC3)CC2)c1)c1ccncc1. The molecule has 1 aromatic carbocycles. The van der Waals surface area contributed by atoms with Crippen LogP contribution in [0.25, 0.3) is 0 Å². The van der Waals surface area contributed by atoms with Gasteiger partial charge >= 0.3 is 0 Å². The maximum Gasteiger partial charge on any atom is 0.255 e. The minimum absolute atomic E-state index is 0.0406. The second-order valence-corrected chi connectivity index (χ2v) is 7.63. The smallest absolute Gasteiger partial charge is 0.255 e. The van der Waals surface area contributed by atoms with Crippen molar-refractivity contribution in [2.45, 2.75) is 25.7 Å². The Morgan fingerprint density at radius 3 is 2.17 bits per heavy atom. The van der Waals surface area contributed by atoms with Gasteiger partial charge in [0.25, 0.3) is 5.91 Å². The number of hydrogen-bond acceptors (Lipinski definition) is 4. The van der Waals surface area contributed by atoms with Crippen molar-refractivity contribution in [2.75, 3.05) is 23.7 Å². The zero-order valence-corrected chi connectivity index (χ0v) is 16.1. The quantitative estimate of drug-likeness (QED) is 0.818. The summed E-state index contributed by atoms with van der Waals surface area (Å²) in [5.41, 5.74) is 1.76. The van der Waals surface area contributed by atoms with Gasteiger partial charge in [0.05, 0.1) is 0 Å². The Hall–Kier alpha value is -3.22. The largest absolute Gasteiger partial charge is 0.342 e. The van der Waals surface area contributed by atoms with Crippen molar-refractivity contribution in [2.24, 2.45) is 11.8 Å². The number of piperidine rings is 1. The van der Waals surface area contributed by atoms with Crippen LogP contribution in [0.2, 0.25) is 0 Å². The summed E-state index contributed by atoms with van der Waals surface area (Å²) in [5.74, 6) is 0.102. The first-order valence-corrected chi connectivity index (χ1v) is 10.0. The molecular weight excluding hydrogens is 368 g/mol. The van der Waals surface area contributed by atoms with Crippen LogP contribution in [0.3, 0.4) is 0 Å². The number of aromatic nitrogens is 1. The van der Waals surface area contributed by atoms with Crippen molar-refractivity contribution in [3.8, 4) is 0 Å². The molecule has 7 heteroatoms. The van der Waals surface area contributed by atoms with Gasteiger partial charge in [-0.3, -0.25) is 19.4 Å². The molecule has 0 atom stereocenters. The molecule has 1 aromatic heterocycles. The summed E-state index contributed by atoms with van der Waals surface area (Å²) < 4.78 is 0. The van der Waals surface area contributed by atoms with E-state index < -0.39 is 0 Å². The third-order valence-corrected chi connectivity index (χ3v) is 5.43. The fourth-order valence-corrected chi connectivity index (χ4v) is 3.58. The van der Waals surface area contributed by atoms with E-state index in [1.165, 1.54) is 0 Å². The predicted molar refractivity (Wildman–Crippen MR) is 109 cm³/mol. The van der Waals surface area contributed by atoms with Gasteiger partial charge < -0.3 is 15.5 Å². The van der Waals surface area contributed by atoms with Crippen LogP contribution in [-0.2, 0) is 9.59 Å². The molecule has 2 heterocycles. The number of amides is 3. The second kappa shape index (κ2) is 8.43. The van der Waals surface area contributed by atoms with Crippen molar-refractivity contribution in [3.63, 3.8) is 0 Å². The van der Waals surface area contributed by atoms with Gasteiger partial charge in [-0.1, -0.05) is 6.07 Å². The van der Waals surface area contributed by atoms with Crippen LogP contribution in [0.15, 0.2) is 48.8 Å². The van der Waals surface area contributed by atoms with Gasteiger partial charge in [0.2, 0.25) is 11.8 Å². The van der Waals surface area contributed by atoms with Gasteiger partial charge in [0.15, 0.2) is 0 Å². The van der Waals surface area contributed by atoms with Crippen LogP contribution in [0, 0.1) is 11.8 Å². The topological polar surface area (TPSA) is 91.4 Å². The van der Waals surface area contributed by atoms with Gasteiger partial charge in [0.1, 0.15) is 0 Å². The number of anilines is 2. The van der Waals surface area contributed by atoms with E-state index >= 15 is 0 Å². The number of rotatable bonds is 5. The lowest BCUT2D eigenvalue weighted by molar-refractivity contribution is -0.135. The van der Waals surface area contributed by atoms with Crippen LogP contribution in [0.5, 0.6) is 0 Å². The van der Waals surface area contributed by atoms with Crippen LogP contribution in [0.4, 0.5) is 11.4 Å². The monoisotopic (exact) mass is 392 g/mol. The molecule has 1 aliphatic heterocycles. The lowest BCUT2D eigenvalue weighted by atomic mass is 9.95. The van der Waals surface area contributed by atoms with Crippen LogP contribution >= 0.6 is 0 Å². The summed E-state index contributed by atoms with van der Waals surface area (Å²) in [4.78, 5) is 42.9. The van der Waals surface area contributed by atoms with E-state index in [4.69, 9.17) is 0 Å². The van der Waals surface area contributed by atoms with E-state index in [0.717, 1.165) is 12.8 Å². The predicted octanol–water partition coefficient (Wildman–Crippen LogP) is 2.92. The first kappa shape index (κ1) is 19.1. The summed E-state index contributed by atoms with van der Waals surface area (Å²) in [6, 6.07) is 10.4. The molecule has 0 unspecified atom stereocenters. The third kappa shape index (κ3) is 4.80. The Morgan fingerprint density at radius 2 is 1.52 bits per heavy atom. The van der Waals surface area contributed by atoms with Crippen molar-refractivity contribution in [1.82, 2.24) is 9.88 Å². The highest BCUT2D eigenvalue weighted by molar-refractivity contribution is 6.04. The molecule has 0 spiro atoms. The number of benzene rings is 1. The number of carbonyl (C=O) groups excluding carboxylic acids is 3. The Kier molecular flexibility index (Phi) is 5.55. The summed E-state index contributed by atoms with van der Waals surface area (Å²) in [6.45, 7) is 1.30. The highest BCUT2D eigenvalue weighted by Crippen LogP contribution is 2.32. The van der Waals surface area contributed by atoms with Crippen molar-refractivity contribution in [1.29, 1.82) is 0 Å². The zero-order valence-electron chi connectivity index (χ0n) is 16.1.